The van der Waals surface area contributed by atoms with E-state index in [1.807, 2.05) is 4.57 Å². The fourth-order valence-corrected chi connectivity index (χ4v) is 5.42. The maximum atomic E-state index is 12.8. The van der Waals surface area contributed by atoms with E-state index in [0.717, 1.165) is 68.9 Å². The second-order valence-electron chi connectivity index (χ2n) is 8.20. The molecule has 0 aliphatic heterocycles. The Hall–Kier alpha value is -1.34. The lowest BCUT2D eigenvalue weighted by molar-refractivity contribution is -0.119. The minimum absolute atomic E-state index is 0.0685. The SMILES string of the molecule is CCN(CC)CCn1c2c(c(SCC(=O)NC3CCCCC3)nc1=O)CCCC2. The van der Waals surface area contributed by atoms with Crippen LogP contribution in [0.4, 0.5) is 0 Å². The van der Waals surface area contributed by atoms with Gasteiger partial charge in [0.15, 0.2) is 0 Å². The van der Waals surface area contributed by atoms with Crippen LogP contribution < -0.4 is 11.0 Å². The average molecular weight is 421 g/mol. The number of nitrogens with zero attached hydrogens (tertiary/aromatic N) is 3. The number of carbonyl (C=O) groups is 1. The van der Waals surface area contributed by atoms with Gasteiger partial charge in [0, 0.05) is 30.4 Å². The van der Waals surface area contributed by atoms with Crippen LogP contribution in [0.25, 0.3) is 0 Å². The van der Waals surface area contributed by atoms with Crippen LogP contribution in [0.2, 0.25) is 0 Å². The third-order valence-electron chi connectivity index (χ3n) is 6.30. The first-order valence-corrected chi connectivity index (χ1v) is 12.4. The van der Waals surface area contributed by atoms with Gasteiger partial charge in [0.25, 0.3) is 0 Å². The van der Waals surface area contributed by atoms with Gasteiger partial charge in [-0.1, -0.05) is 44.9 Å². The maximum absolute atomic E-state index is 12.8. The zero-order valence-electron chi connectivity index (χ0n) is 18.0. The number of hydrogen-bond donors (Lipinski definition) is 1. The Bertz CT molecular complexity index is 739. The Labute approximate surface area is 178 Å². The molecule has 1 saturated carbocycles. The molecule has 0 unspecified atom stereocenters. The van der Waals surface area contributed by atoms with Crippen LogP contribution in [0.3, 0.4) is 0 Å². The molecule has 0 bridgehead atoms. The Morgan fingerprint density at radius 2 is 1.86 bits per heavy atom. The molecule has 6 nitrogen and oxygen atoms in total. The fourth-order valence-electron chi connectivity index (χ4n) is 4.53. The number of nitrogens with one attached hydrogen (secondary N) is 1. The largest absolute Gasteiger partial charge is 0.353 e. The number of amides is 1. The summed E-state index contributed by atoms with van der Waals surface area (Å²) in [4.78, 5) is 31.9. The van der Waals surface area contributed by atoms with Gasteiger partial charge in [-0.25, -0.2) is 4.79 Å². The van der Waals surface area contributed by atoms with E-state index in [1.54, 1.807) is 0 Å². The highest BCUT2D eigenvalue weighted by Crippen LogP contribution is 2.28. The molecule has 7 heteroatoms. The summed E-state index contributed by atoms with van der Waals surface area (Å²) in [6.45, 7) is 7.85. The van der Waals surface area contributed by atoms with Crippen molar-refractivity contribution in [3.63, 3.8) is 0 Å². The molecule has 1 fully saturated rings. The number of likely N-dealkylation sites (N-methyl/N-ethyl adjacent to an activating group) is 1. The average Bonchev–Trinajstić information content (AvgIpc) is 2.75. The van der Waals surface area contributed by atoms with Gasteiger partial charge in [-0.3, -0.25) is 9.36 Å². The Balaban J connectivity index is 1.68. The van der Waals surface area contributed by atoms with Gasteiger partial charge in [-0.05, 0) is 51.6 Å². The lowest BCUT2D eigenvalue weighted by atomic mass is 9.95. The molecule has 162 valence electrons. The molecule has 1 N–H and O–H groups in total. The number of rotatable bonds is 9. The van der Waals surface area contributed by atoms with E-state index in [9.17, 15) is 9.59 Å². The topological polar surface area (TPSA) is 67.2 Å². The van der Waals surface area contributed by atoms with Crippen molar-refractivity contribution >= 4 is 17.7 Å². The van der Waals surface area contributed by atoms with E-state index in [-0.39, 0.29) is 11.6 Å². The smallest absolute Gasteiger partial charge is 0.348 e. The summed E-state index contributed by atoms with van der Waals surface area (Å²) >= 11 is 1.44. The molecule has 0 saturated heterocycles. The molecule has 1 aromatic heterocycles. The predicted octanol–water partition coefficient (Wildman–Crippen LogP) is 3.00. The number of thioether (sulfide) groups is 1. The molecular formula is C22H36N4O2S. The summed E-state index contributed by atoms with van der Waals surface area (Å²) in [5.41, 5.74) is 2.19. The van der Waals surface area contributed by atoms with Gasteiger partial charge in [0.1, 0.15) is 5.03 Å². The van der Waals surface area contributed by atoms with Crippen LogP contribution in [0.1, 0.15) is 70.1 Å². The van der Waals surface area contributed by atoms with E-state index in [4.69, 9.17) is 0 Å². The van der Waals surface area contributed by atoms with E-state index in [1.165, 1.54) is 36.6 Å². The number of fused-ring (bicyclic) bond motifs is 1. The molecule has 0 radical (unpaired) electrons. The minimum atomic E-state index is -0.159. The lowest BCUT2D eigenvalue weighted by Crippen LogP contribution is -2.37. The summed E-state index contributed by atoms with van der Waals surface area (Å²) in [7, 11) is 0. The minimum Gasteiger partial charge on any atom is -0.353 e. The van der Waals surface area contributed by atoms with Gasteiger partial charge >= 0.3 is 5.69 Å². The van der Waals surface area contributed by atoms with Crippen LogP contribution in [-0.4, -0.2) is 51.8 Å². The summed E-state index contributed by atoms with van der Waals surface area (Å²) < 4.78 is 1.89. The molecule has 2 aliphatic carbocycles. The van der Waals surface area contributed by atoms with E-state index in [0.29, 0.717) is 18.3 Å². The summed E-state index contributed by atoms with van der Waals surface area (Å²) in [5, 5.41) is 3.94. The second-order valence-corrected chi connectivity index (χ2v) is 9.17. The third kappa shape index (κ3) is 6.07. The molecule has 1 heterocycles. The van der Waals surface area contributed by atoms with E-state index in [2.05, 4.69) is 29.0 Å². The van der Waals surface area contributed by atoms with Crippen molar-refractivity contribution in [1.82, 2.24) is 19.8 Å². The van der Waals surface area contributed by atoms with Gasteiger partial charge in [0.05, 0.1) is 5.75 Å². The van der Waals surface area contributed by atoms with Crippen LogP contribution in [0.5, 0.6) is 0 Å². The molecule has 1 amide bonds. The second kappa shape index (κ2) is 11.2. The van der Waals surface area contributed by atoms with Crippen molar-refractivity contribution < 1.29 is 4.79 Å². The van der Waals surface area contributed by atoms with Gasteiger partial charge in [0.2, 0.25) is 5.91 Å². The van der Waals surface area contributed by atoms with Crippen LogP contribution in [0, 0.1) is 0 Å². The summed E-state index contributed by atoms with van der Waals surface area (Å²) in [5.74, 6) is 0.415. The third-order valence-corrected chi connectivity index (χ3v) is 7.31. The highest BCUT2D eigenvalue weighted by molar-refractivity contribution is 7.99. The highest BCUT2D eigenvalue weighted by atomic mass is 32.2. The molecule has 0 atom stereocenters. The molecule has 2 aliphatic rings. The first kappa shape index (κ1) is 22.3. The highest BCUT2D eigenvalue weighted by Gasteiger charge is 2.22. The zero-order valence-corrected chi connectivity index (χ0v) is 18.9. The van der Waals surface area contributed by atoms with Crippen LogP contribution in [-0.2, 0) is 24.2 Å². The van der Waals surface area contributed by atoms with Gasteiger partial charge in [-0.2, -0.15) is 4.98 Å². The number of carbonyl (C=O) groups excluding carboxylic acids is 1. The Morgan fingerprint density at radius 1 is 1.14 bits per heavy atom. The first-order chi connectivity index (χ1) is 14.1. The molecule has 3 rings (SSSR count). The number of hydrogen-bond acceptors (Lipinski definition) is 5. The monoisotopic (exact) mass is 420 g/mol. The van der Waals surface area contributed by atoms with Gasteiger partial charge in [-0.15, -0.1) is 0 Å². The van der Waals surface area contributed by atoms with E-state index < -0.39 is 0 Å². The molecule has 1 aromatic rings. The maximum Gasteiger partial charge on any atom is 0.348 e. The summed E-state index contributed by atoms with van der Waals surface area (Å²) in [6, 6.07) is 0.326. The van der Waals surface area contributed by atoms with Crippen molar-refractivity contribution in [1.29, 1.82) is 0 Å². The molecule has 29 heavy (non-hydrogen) atoms. The van der Waals surface area contributed by atoms with Gasteiger partial charge < -0.3 is 10.2 Å². The van der Waals surface area contributed by atoms with Crippen molar-refractivity contribution in [2.24, 2.45) is 0 Å². The quantitative estimate of drug-likeness (QED) is 0.491. The Kier molecular flexibility index (Phi) is 8.60. The zero-order chi connectivity index (χ0) is 20.6. The standard InChI is InChI=1S/C22H36N4O2S/c1-3-25(4-2)14-15-26-19-13-9-8-12-18(19)21(24-22(26)28)29-16-20(27)23-17-10-6-5-7-11-17/h17H,3-16H2,1-2H3,(H,23,27). The molecule has 0 aromatic carbocycles. The predicted molar refractivity (Wildman–Crippen MR) is 119 cm³/mol. The first-order valence-electron chi connectivity index (χ1n) is 11.4. The number of aromatic nitrogens is 2. The van der Waals surface area contributed by atoms with Crippen LogP contribution >= 0.6 is 11.8 Å². The molecular weight excluding hydrogens is 384 g/mol. The molecule has 0 spiro atoms. The van der Waals surface area contributed by atoms with Crippen molar-refractivity contribution in [2.45, 2.75) is 89.2 Å². The fraction of sp³-hybridized carbons (Fsp3) is 0.773. The normalized spacial score (nSPS) is 17.3. The van der Waals surface area contributed by atoms with Crippen molar-refractivity contribution in [3.8, 4) is 0 Å². The summed E-state index contributed by atoms with van der Waals surface area (Å²) in [6.07, 6.45) is 10.0. The lowest BCUT2D eigenvalue weighted by Gasteiger charge is -2.25. The van der Waals surface area contributed by atoms with Crippen LogP contribution in [0.15, 0.2) is 9.82 Å². The van der Waals surface area contributed by atoms with Crippen molar-refractivity contribution in [3.05, 3.63) is 21.7 Å². The van der Waals surface area contributed by atoms with Crippen molar-refractivity contribution in [2.75, 3.05) is 25.4 Å². The Morgan fingerprint density at radius 3 is 2.59 bits per heavy atom. The van der Waals surface area contributed by atoms with E-state index >= 15 is 0 Å².